The van der Waals surface area contributed by atoms with E-state index in [0.29, 0.717) is 18.8 Å². The van der Waals surface area contributed by atoms with Crippen LogP contribution in [0.3, 0.4) is 0 Å². The summed E-state index contributed by atoms with van der Waals surface area (Å²) in [7, 11) is 0. The van der Waals surface area contributed by atoms with E-state index < -0.39 is 5.41 Å². The van der Waals surface area contributed by atoms with Crippen molar-refractivity contribution in [2.45, 2.75) is 27.2 Å². The number of rotatable bonds is 3. The summed E-state index contributed by atoms with van der Waals surface area (Å²) in [5.74, 6) is 0.581. The molecule has 4 heteroatoms. The van der Waals surface area contributed by atoms with E-state index in [-0.39, 0.29) is 5.91 Å². The van der Waals surface area contributed by atoms with Gasteiger partial charge in [-0.3, -0.25) is 4.79 Å². The van der Waals surface area contributed by atoms with Crippen LogP contribution in [-0.2, 0) is 11.2 Å². The van der Waals surface area contributed by atoms with E-state index in [1.54, 1.807) is 6.20 Å². The molecule has 0 bridgehead atoms. The Hall–Kier alpha value is -1.42. The average molecular weight is 221 g/mol. The lowest BCUT2D eigenvalue weighted by atomic mass is 9.95. The first-order chi connectivity index (χ1) is 7.45. The van der Waals surface area contributed by atoms with Gasteiger partial charge in [0.05, 0.1) is 0 Å². The fourth-order valence-corrected chi connectivity index (χ4v) is 1.20. The minimum absolute atomic E-state index is 0.0375. The molecule has 0 aromatic carbocycles. The molecule has 1 aromatic heterocycles. The molecule has 1 rings (SSSR count). The van der Waals surface area contributed by atoms with E-state index in [1.807, 2.05) is 32.9 Å². The minimum Gasteiger partial charge on any atom is -0.330 e. The Morgan fingerprint density at radius 3 is 2.75 bits per heavy atom. The zero-order chi connectivity index (χ0) is 12.2. The summed E-state index contributed by atoms with van der Waals surface area (Å²) < 4.78 is 0. The molecule has 0 spiro atoms. The van der Waals surface area contributed by atoms with Crippen LogP contribution in [-0.4, -0.2) is 17.4 Å². The molecule has 88 valence electrons. The SMILES string of the molecule is CC(C)(C)C(=O)Nc1ncccc1CCN. The summed E-state index contributed by atoms with van der Waals surface area (Å²) in [5.41, 5.74) is 6.06. The van der Waals surface area contributed by atoms with Crippen molar-refractivity contribution in [1.82, 2.24) is 4.98 Å². The highest BCUT2D eigenvalue weighted by Crippen LogP contribution is 2.18. The van der Waals surface area contributed by atoms with Crippen molar-refractivity contribution >= 4 is 11.7 Å². The third-order valence-corrected chi connectivity index (χ3v) is 2.22. The van der Waals surface area contributed by atoms with Crippen LogP contribution in [0.4, 0.5) is 5.82 Å². The average Bonchev–Trinajstić information content (AvgIpc) is 2.20. The summed E-state index contributed by atoms with van der Waals surface area (Å²) in [6.45, 7) is 6.15. The molecule has 1 aromatic rings. The Labute approximate surface area is 96.3 Å². The van der Waals surface area contributed by atoms with Gasteiger partial charge in [-0.15, -0.1) is 0 Å². The molecule has 1 amide bonds. The maximum atomic E-state index is 11.8. The zero-order valence-corrected chi connectivity index (χ0v) is 10.1. The molecular formula is C12H19N3O. The highest BCUT2D eigenvalue weighted by atomic mass is 16.2. The Balaban J connectivity index is 2.84. The van der Waals surface area contributed by atoms with Gasteiger partial charge in [-0.2, -0.15) is 0 Å². The molecular weight excluding hydrogens is 202 g/mol. The second-order valence-corrected chi connectivity index (χ2v) is 4.75. The number of nitrogens with two attached hydrogens (primary N) is 1. The van der Waals surface area contributed by atoms with E-state index in [0.717, 1.165) is 5.56 Å². The van der Waals surface area contributed by atoms with Gasteiger partial charge in [-0.1, -0.05) is 26.8 Å². The number of nitrogens with one attached hydrogen (secondary N) is 1. The van der Waals surface area contributed by atoms with Crippen molar-refractivity contribution in [1.29, 1.82) is 0 Å². The first-order valence-electron chi connectivity index (χ1n) is 5.40. The molecule has 4 nitrogen and oxygen atoms in total. The van der Waals surface area contributed by atoms with E-state index in [4.69, 9.17) is 5.73 Å². The molecule has 0 aliphatic rings. The van der Waals surface area contributed by atoms with Crippen LogP contribution in [0.1, 0.15) is 26.3 Å². The monoisotopic (exact) mass is 221 g/mol. The lowest BCUT2D eigenvalue weighted by molar-refractivity contribution is -0.123. The molecule has 0 unspecified atom stereocenters. The topological polar surface area (TPSA) is 68.0 Å². The van der Waals surface area contributed by atoms with Crippen LogP contribution in [0.25, 0.3) is 0 Å². The third kappa shape index (κ3) is 3.31. The molecule has 0 aliphatic carbocycles. The maximum Gasteiger partial charge on any atom is 0.230 e. The minimum atomic E-state index is -0.419. The van der Waals surface area contributed by atoms with Gasteiger partial charge in [-0.25, -0.2) is 4.98 Å². The van der Waals surface area contributed by atoms with Crippen molar-refractivity contribution in [2.75, 3.05) is 11.9 Å². The van der Waals surface area contributed by atoms with E-state index in [9.17, 15) is 4.79 Å². The summed E-state index contributed by atoms with van der Waals surface area (Å²) in [4.78, 5) is 16.0. The molecule has 0 radical (unpaired) electrons. The van der Waals surface area contributed by atoms with Gasteiger partial charge in [0.1, 0.15) is 5.82 Å². The summed E-state index contributed by atoms with van der Waals surface area (Å²) in [6, 6.07) is 3.77. The van der Waals surface area contributed by atoms with Crippen LogP contribution in [0.15, 0.2) is 18.3 Å². The molecule has 1 heterocycles. The van der Waals surface area contributed by atoms with E-state index in [2.05, 4.69) is 10.3 Å². The summed E-state index contributed by atoms with van der Waals surface area (Å²) >= 11 is 0. The Morgan fingerprint density at radius 1 is 1.50 bits per heavy atom. The summed E-state index contributed by atoms with van der Waals surface area (Å²) in [6.07, 6.45) is 2.38. The van der Waals surface area contributed by atoms with E-state index in [1.165, 1.54) is 0 Å². The highest BCUT2D eigenvalue weighted by Gasteiger charge is 2.22. The van der Waals surface area contributed by atoms with Crippen molar-refractivity contribution in [3.63, 3.8) is 0 Å². The van der Waals surface area contributed by atoms with Crippen molar-refractivity contribution in [3.05, 3.63) is 23.9 Å². The standard InChI is InChI=1S/C12H19N3O/c1-12(2,3)11(16)15-10-9(6-7-13)5-4-8-14-10/h4-5,8H,6-7,13H2,1-3H3,(H,14,15,16). The number of hydrogen-bond acceptors (Lipinski definition) is 3. The molecule has 0 saturated heterocycles. The summed E-state index contributed by atoms with van der Waals surface area (Å²) in [5, 5.41) is 2.83. The fourth-order valence-electron chi connectivity index (χ4n) is 1.20. The quantitative estimate of drug-likeness (QED) is 0.814. The third-order valence-electron chi connectivity index (χ3n) is 2.22. The van der Waals surface area contributed by atoms with Crippen molar-refractivity contribution in [3.8, 4) is 0 Å². The van der Waals surface area contributed by atoms with E-state index >= 15 is 0 Å². The predicted molar refractivity (Wildman–Crippen MR) is 65.1 cm³/mol. The lowest BCUT2D eigenvalue weighted by Gasteiger charge is -2.18. The van der Waals surface area contributed by atoms with Crippen LogP contribution in [0, 0.1) is 5.41 Å². The van der Waals surface area contributed by atoms with Gasteiger partial charge in [0.2, 0.25) is 5.91 Å². The molecule has 0 aliphatic heterocycles. The first-order valence-corrected chi connectivity index (χ1v) is 5.40. The maximum absolute atomic E-state index is 11.8. The Morgan fingerprint density at radius 2 is 2.19 bits per heavy atom. The number of anilines is 1. The van der Waals surface area contributed by atoms with Crippen LogP contribution in [0.2, 0.25) is 0 Å². The van der Waals surface area contributed by atoms with Crippen LogP contribution in [0.5, 0.6) is 0 Å². The number of pyridine rings is 1. The first kappa shape index (κ1) is 12.6. The number of nitrogens with zero attached hydrogens (tertiary/aromatic N) is 1. The van der Waals surface area contributed by atoms with Gasteiger partial charge >= 0.3 is 0 Å². The molecule has 16 heavy (non-hydrogen) atoms. The number of carbonyl (C=O) groups is 1. The van der Waals surface area contributed by atoms with Crippen molar-refractivity contribution < 1.29 is 4.79 Å². The van der Waals surface area contributed by atoms with Gasteiger partial charge in [-0.05, 0) is 24.6 Å². The number of amides is 1. The second-order valence-electron chi connectivity index (χ2n) is 4.75. The van der Waals surface area contributed by atoms with Gasteiger partial charge in [0.15, 0.2) is 0 Å². The molecule has 0 atom stereocenters. The lowest BCUT2D eigenvalue weighted by Crippen LogP contribution is -2.28. The molecule has 0 fully saturated rings. The predicted octanol–water partition coefficient (Wildman–Crippen LogP) is 1.57. The Bertz CT molecular complexity index is 369. The highest BCUT2D eigenvalue weighted by molar-refractivity contribution is 5.94. The zero-order valence-electron chi connectivity index (χ0n) is 10.1. The van der Waals surface area contributed by atoms with Crippen LogP contribution < -0.4 is 11.1 Å². The number of hydrogen-bond donors (Lipinski definition) is 2. The number of carbonyl (C=O) groups excluding carboxylic acids is 1. The largest absolute Gasteiger partial charge is 0.330 e. The van der Waals surface area contributed by atoms with Crippen LogP contribution >= 0.6 is 0 Å². The van der Waals surface area contributed by atoms with Gasteiger partial charge < -0.3 is 11.1 Å². The van der Waals surface area contributed by atoms with Crippen molar-refractivity contribution in [2.24, 2.45) is 11.1 Å². The van der Waals surface area contributed by atoms with Gasteiger partial charge in [0.25, 0.3) is 0 Å². The molecule has 0 saturated carbocycles. The Kier molecular flexibility index (Phi) is 4.01. The smallest absolute Gasteiger partial charge is 0.230 e. The fraction of sp³-hybridized carbons (Fsp3) is 0.500. The normalized spacial score (nSPS) is 11.2. The molecule has 3 N–H and O–H groups in total. The second kappa shape index (κ2) is 5.07. The number of aromatic nitrogens is 1. The van der Waals surface area contributed by atoms with Gasteiger partial charge in [0, 0.05) is 11.6 Å².